The molecule has 106 valence electrons. The van der Waals surface area contributed by atoms with Crippen LogP contribution < -0.4 is 10.1 Å². The van der Waals surface area contributed by atoms with Crippen molar-refractivity contribution in [3.8, 4) is 5.75 Å². The number of benzene rings is 1. The van der Waals surface area contributed by atoms with E-state index >= 15 is 0 Å². The molecule has 1 aliphatic rings. The molecule has 0 saturated carbocycles. The molecule has 1 aromatic carbocycles. The molecule has 1 N–H and O–H groups in total. The van der Waals surface area contributed by atoms with Gasteiger partial charge in [-0.25, -0.2) is 0 Å². The van der Waals surface area contributed by atoms with Gasteiger partial charge in [0.2, 0.25) is 0 Å². The van der Waals surface area contributed by atoms with Crippen LogP contribution in [0.15, 0.2) is 28.9 Å². The van der Waals surface area contributed by atoms with E-state index in [1.165, 1.54) is 5.56 Å². The molecule has 2 aromatic rings. The Morgan fingerprint density at radius 1 is 1.40 bits per heavy atom. The highest BCUT2D eigenvalue weighted by Crippen LogP contribution is 2.37. The highest BCUT2D eigenvalue weighted by atomic mass is 35.5. The first-order valence-corrected chi connectivity index (χ1v) is 7.24. The molecule has 3 nitrogen and oxygen atoms in total. The highest BCUT2D eigenvalue weighted by Gasteiger charge is 2.23. The molecule has 1 unspecified atom stereocenters. The lowest BCUT2D eigenvalue weighted by molar-refractivity contribution is 0.414. The highest BCUT2D eigenvalue weighted by molar-refractivity contribution is 6.31. The monoisotopic (exact) mass is 291 g/mol. The van der Waals surface area contributed by atoms with Crippen LogP contribution in [-0.2, 0) is 6.42 Å². The second kappa shape index (κ2) is 5.41. The van der Waals surface area contributed by atoms with E-state index in [0.717, 1.165) is 47.0 Å². The number of nitrogens with one attached hydrogen (secondary N) is 1. The van der Waals surface area contributed by atoms with E-state index in [1.54, 1.807) is 13.4 Å². The van der Waals surface area contributed by atoms with Crippen LogP contribution in [0.25, 0.3) is 0 Å². The molecular weight excluding hydrogens is 274 g/mol. The zero-order chi connectivity index (χ0) is 14.1. The molecule has 0 spiro atoms. The van der Waals surface area contributed by atoms with Gasteiger partial charge in [0, 0.05) is 23.1 Å². The van der Waals surface area contributed by atoms with Gasteiger partial charge in [-0.3, -0.25) is 0 Å². The van der Waals surface area contributed by atoms with Crippen LogP contribution >= 0.6 is 11.6 Å². The van der Waals surface area contributed by atoms with E-state index in [2.05, 4.69) is 11.4 Å². The van der Waals surface area contributed by atoms with Crippen molar-refractivity contribution in [3.05, 3.63) is 46.4 Å². The van der Waals surface area contributed by atoms with E-state index in [4.69, 9.17) is 20.8 Å². The second-order valence-corrected chi connectivity index (χ2v) is 5.60. The summed E-state index contributed by atoms with van der Waals surface area (Å²) in [5, 5.41) is 4.29. The minimum atomic E-state index is 0.270. The summed E-state index contributed by atoms with van der Waals surface area (Å²) in [6.07, 6.45) is 5.02. The first kappa shape index (κ1) is 13.4. The van der Waals surface area contributed by atoms with Gasteiger partial charge < -0.3 is 14.5 Å². The molecule has 0 amide bonds. The fraction of sp³-hybridized carbons (Fsp3) is 0.375. The van der Waals surface area contributed by atoms with E-state index in [9.17, 15) is 0 Å². The van der Waals surface area contributed by atoms with Crippen LogP contribution in [0.2, 0.25) is 5.02 Å². The standard InChI is InChI=1S/C16H18ClNO2/c1-10-8-14(16(19-2)9-12(10)17)18-13-4-3-5-15-11(13)6-7-20-15/h6-9,13,18H,3-5H2,1-2H3. The summed E-state index contributed by atoms with van der Waals surface area (Å²) in [6, 6.07) is 6.22. The molecule has 0 bridgehead atoms. The Hall–Kier alpha value is -1.61. The summed E-state index contributed by atoms with van der Waals surface area (Å²) in [6.45, 7) is 2.00. The van der Waals surface area contributed by atoms with E-state index in [0.29, 0.717) is 0 Å². The van der Waals surface area contributed by atoms with Gasteiger partial charge >= 0.3 is 0 Å². The van der Waals surface area contributed by atoms with Gasteiger partial charge in [-0.05, 0) is 37.5 Å². The summed E-state index contributed by atoms with van der Waals surface area (Å²) in [5.74, 6) is 1.87. The van der Waals surface area contributed by atoms with Crippen molar-refractivity contribution >= 4 is 17.3 Å². The Bertz CT molecular complexity index is 621. The number of rotatable bonds is 3. The van der Waals surface area contributed by atoms with E-state index in [1.807, 2.05) is 19.1 Å². The van der Waals surface area contributed by atoms with Crippen molar-refractivity contribution in [2.75, 3.05) is 12.4 Å². The normalized spacial score (nSPS) is 17.6. The molecule has 1 aliphatic carbocycles. The Labute approximate surface area is 123 Å². The molecule has 1 aromatic heterocycles. The van der Waals surface area contributed by atoms with Gasteiger partial charge in [0.1, 0.15) is 11.5 Å². The van der Waals surface area contributed by atoms with Gasteiger partial charge in [0.05, 0.1) is 25.1 Å². The third-order valence-corrected chi connectivity index (χ3v) is 4.27. The SMILES string of the molecule is COc1cc(Cl)c(C)cc1NC1CCCc2occc21. The Morgan fingerprint density at radius 3 is 3.05 bits per heavy atom. The number of aryl methyl sites for hydroxylation is 2. The van der Waals surface area contributed by atoms with Crippen LogP contribution in [-0.4, -0.2) is 7.11 Å². The number of hydrogen-bond acceptors (Lipinski definition) is 3. The predicted molar refractivity (Wildman–Crippen MR) is 80.8 cm³/mol. The van der Waals surface area contributed by atoms with Crippen LogP contribution in [0.1, 0.15) is 35.8 Å². The van der Waals surface area contributed by atoms with E-state index < -0.39 is 0 Å². The molecule has 4 heteroatoms. The molecule has 0 fully saturated rings. The Morgan fingerprint density at radius 2 is 2.25 bits per heavy atom. The number of fused-ring (bicyclic) bond motifs is 1. The maximum Gasteiger partial charge on any atom is 0.143 e. The topological polar surface area (TPSA) is 34.4 Å². The fourth-order valence-electron chi connectivity index (χ4n) is 2.77. The number of halogens is 1. The maximum atomic E-state index is 6.15. The molecule has 0 aliphatic heterocycles. The van der Waals surface area contributed by atoms with Crippen LogP contribution in [0.4, 0.5) is 5.69 Å². The van der Waals surface area contributed by atoms with Gasteiger partial charge in [0.25, 0.3) is 0 Å². The Balaban J connectivity index is 1.91. The van der Waals surface area contributed by atoms with Crippen LogP contribution in [0, 0.1) is 6.92 Å². The largest absolute Gasteiger partial charge is 0.495 e. The lowest BCUT2D eigenvalue weighted by Crippen LogP contribution is -2.16. The fourth-order valence-corrected chi connectivity index (χ4v) is 2.92. The summed E-state index contributed by atoms with van der Waals surface area (Å²) in [5.41, 5.74) is 3.28. The first-order valence-electron chi connectivity index (χ1n) is 6.86. The van der Waals surface area contributed by atoms with E-state index in [-0.39, 0.29) is 6.04 Å². The number of hydrogen-bond donors (Lipinski definition) is 1. The minimum Gasteiger partial charge on any atom is -0.495 e. The van der Waals surface area contributed by atoms with Crippen molar-refractivity contribution in [2.24, 2.45) is 0 Å². The second-order valence-electron chi connectivity index (χ2n) is 5.19. The molecular formula is C16H18ClNO2. The number of ether oxygens (including phenoxy) is 1. The minimum absolute atomic E-state index is 0.270. The van der Waals surface area contributed by atoms with Gasteiger partial charge in [0.15, 0.2) is 0 Å². The number of methoxy groups -OCH3 is 1. The summed E-state index contributed by atoms with van der Waals surface area (Å²) in [4.78, 5) is 0. The molecule has 1 heterocycles. The van der Waals surface area contributed by atoms with Crippen molar-refractivity contribution in [2.45, 2.75) is 32.2 Å². The van der Waals surface area contributed by atoms with Gasteiger partial charge in [-0.2, -0.15) is 0 Å². The first-order chi connectivity index (χ1) is 9.69. The van der Waals surface area contributed by atoms with Crippen molar-refractivity contribution in [1.29, 1.82) is 0 Å². The summed E-state index contributed by atoms with van der Waals surface area (Å²) >= 11 is 6.15. The third kappa shape index (κ3) is 2.38. The smallest absolute Gasteiger partial charge is 0.143 e. The average Bonchev–Trinajstić information content (AvgIpc) is 2.92. The molecule has 20 heavy (non-hydrogen) atoms. The maximum absolute atomic E-state index is 6.15. The Kier molecular flexibility index (Phi) is 3.62. The van der Waals surface area contributed by atoms with Crippen molar-refractivity contribution in [1.82, 2.24) is 0 Å². The predicted octanol–water partition coefficient (Wildman–Crippen LogP) is 4.74. The summed E-state index contributed by atoms with van der Waals surface area (Å²) in [7, 11) is 1.66. The van der Waals surface area contributed by atoms with Gasteiger partial charge in [-0.1, -0.05) is 11.6 Å². The number of anilines is 1. The zero-order valence-corrected chi connectivity index (χ0v) is 12.5. The average molecular weight is 292 g/mol. The molecule has 0 radical (unpaired) electrons. The lowest BCUT2D eigenvalue weighted by atomic mass is 9.93. The van der Waals surface area contributed by atoms with Crippen LogP contribution in [0.5, 0.6) is 5.75 Å². The van der Waals surface area contributed by atoms with Crippen LogP contribution in [0.3, 0.4) is 0 Å². The molecule has 1 atom stereocenters. The molecule has 0 saturated heterocycles. The lowest BCUT2D eigenvalue weighted by Gasteiger charge is -2.25. The van der Waals surface area contributed by atoms with Gasteiger partial charge in [-0.15, -0.1) is 0 Å². The molecule has 3 rings (SSSR count). The number of furan rings is 1. The summed E-state index contributed by atoms with van der Waals surface area (Å²) < 4.78 is 11.0. The quantitative estimate of drug-likeness (QED) is 0.887. The zero-order valence-electron chi connectivity index (χ0n) is 11.7. The van der Waals surface area contributed by atoms with Crippen molar-refractivity contribution in [3.63, 3.8) is 0 Å². The third-order valence-electron chi connectivity index (χ3n) is 3.86. The van der Waals surface area contributed by atoms with Crippen molar-refractivity contribution < 1.29 is 9.15 Å².